The second-order valence-electron chi connectivity index (χ2n) is 6.11. The number of ketones is 1. The topological polar surface area (TPSA) is 57.7 Å². The quantitative estimate of drug-likeness (QED) is 0.621. The van der Waals surface area contributed by atoms with Gasteiger partial charge in [-0.1, -0.05) is 12.1 Å². The molecule has 0 fully saturated rings. The standard InChI is InChI=1S/C21H21NO4/c1-13(2)26-16-7-5-6-15(10-16)21(23)20-17-12-19(25-4)18(24-3)11-14(17)8-9-22-20/h5-13H,1-4H3. The highest BCUT2D eigenvalue weighted by Crippen LogP contribution is 2.33. The zero-order valence-electron chi connectivity index (χ0n) is 15.3. The first-order chi connectivity index (χ1) is 12.5. The van der Waals surface area contributed by atoms with E-state index < -0.39 is 0 Å². The number of pyridine rings is 1. The number of hydrogen-bond acceptors (Lipinski definition) is 5. The fraction of sp³-hybridized carbons (Fsp3) is 0.238. The van der Waals surface area contributed by atoms with E-state index in [9.17, 15) is 4.79 Å². The van der Waals surface area contributed by atoms with Crippen molar-refractivity contribution in [2.24, 2.45) is 0 Å². The van der Waals surface area contributed by atoms with Gasteiger partial charge in [0.2, 0.25) is 5.78 Å². The van der Waals surface area contributed by atoms with Crippen molar-refractivity contribution < 1.29 is 19.0 Å². The van der Waals surface area contributed by atoms with Crippen LogP contribution in [0.15, 0.2) is 48.7 Å². The molecule has 0 aliphatic rings. The molecule has 5 nitrogen and oxygen atoms in total. The van der Waals surface area contributed by atoms with E-state index in [-0.39, 0.29) is 11.9 Å². The molecule has 0 aliphatic carbocycles. The molecule has 0 unspecified atom stereocenters. The number of hydrogen-bond donors (Lipinski definition) is 0. The fourth-order valence-electron chi connectivity index (χ4n) is 2.80. The van der Waals surface area contributed by atoms with Crippen molar-refractivity contribution in [2.75, 3.05) is 14.2 Å². The number of ether oxygens (including phenoxy) is 3. The van der Waals surface area contributed by atoms with E-state index in [2.05, 4.69) is 4.98 Å². The number of aromatic nitrogens is 1. The van der Waals surface area contributed by atoms with Crippen molar-refractivity contribution in [1.29, 1.82) is 0 Å². The first-order valence-corrected chi connectivity index (χ1v) is 8.35. The summed E-state index contributed by atoms with van der Waals surface area (Å²) in [4.78, 5) is 17.4. The van der Waals surface area contributed by atoms with Gasteiger partial charge in [0.1, 0.15) is 11.4 Å². The van der Waals surface area contributed by atoms with E-state index in [0.29, 0.717) is 33.9 Å². The van der Waals surface area contributed by atoms with Gasteiger partial charge in [-0.05, 0) is 49.6 Å². The van der Waals surface area contributed by atoms with Crippen molar-refractivity contribution in [2.45, 2.75) is 20.0 Å². The molecule has 0 spiro atoms. The van der Waals surface area contributed by atoms with Gasteiger partial charge in [0.25, 0.3) is 0 Å². The SMILES string of the molecule is COc1cc2ccnc(C(=O)c3cccc(OC(C)C)c3)c2cc1OC. The lowest BCUT2D eigenvalue weighted by molar-refractivity contribution is 0.103. The lowest BCUT2D eigenvalue weighted by Crippen LogP contribution is -2.08. The van der Waals surface area contributed by atoms with Crippen LogP contribution in [0, 0.1) is 0 Å². The normalized spacial score (nSPS) is 10.8. The van der Waals surface area contributed by atoms with Crippen LogP contribution in [0.25, 0.3) is 10.8 Å². The zero-order valence-corrected chi connectivity index (χ0v) is 15.3. The Hall–Kier alpha value is -3.08. The van der Waals surface area contributed by atoms with E-state index in [1.165, 1.54) is 0 Å². The Bertz CT molecular complexity index is 950. The maximum absolute atomic E-state index is 13.1. The Morgan fingerprint density at radius 2 is 1.73 bits per heavy atom. The molecule has 0 saturated heterocycles. The van der Waals surface area contributed by atoms with Crippen LogP contribution in [0.2, 0.25) is 0 Å². The third kappa shape index (κ3) is 3.47. The van der Waals surface area contributed by atoms with Crippen LogP contribution in [0.5, 0.6) is 17.2 Å². The second kappa shape index (κ2) is 7.44. The Morgan fingerprint density at radius 3 is 2.42 bits per heavy atom. The van der Waals surface area contributed by atoms with Crippen LogP contribution in [-0.4, -0.2) is 31.1 Å². The second-order valence-corrected chi connectivity index (χ2v) is 6.11. The van der Waals surface area contributed by atoms with Gasteiger partial charge < -0.3 is 14.2 Å². The van der Waals surface area contributed by atoms with E-state index in [1.807, 2.05) is 32.0 Å². The van der Waals surface area contributed by atoms with Gasteiger partial charge in [-0.2, -0.15) is 0 Å². The van der Waals surface area contributed by atoms with Crippen LogP contribution >= 0.6 is 0 Å². The maximum atomic E-state index is 13.1. The van der Waals surface area contributed by atoms with Crippen LogP contribution in [0.3, 0.4) is 0 Å². The highest BCUT2D eigenvalue weighted by Gasteiger charge is 2.17. The molecule has 134 valence electrons. The molecule has 0 bridgehead atoms. The van der Waals surface area contributed by atoms with Gasteiger partial charge in [-0.15, -0.1) is 0 Å². The predicted molar refractivity (Wildman–Crippen MR) is 100 cm³/mol. The lowest BCUT2D eigenvalue weighted by atomic mass is 10.0. The summed E-state index contributed by atoms with van der Waals surface area (Å²) in [5.74, 6) is 1.65. The number of carbonyl (C=O) groups is 1. The van der Waals surface area contributed by atoms with Crippen molar-refractivity contribution in [3.63, 3.8) is 0 Å². The van der Waals surface area contributed by atoms with Gasteiger partial charge in [0.15, 0.2) is 11.5 Å². The summed E-state index contributed by atoms with van der Waals surface area (Å²) >= 11 is 0. The van der Waals surface area contributed by atoms with Crippen molar-refractivity contribution in [3.8, 4) is 17.2 Å². The van der Waals surface area contributed by atoms with Gasteiger partial charge in [0, 0.05) is 17.1 Å². The van der Waals surface area contributed by atoms with Gasteiger partial charge in [0.05, 0.1) is 20.3 Å². The molecule has 0 amide bonds. The molecule has 1 aromatic heterocycles. The Morgan fingerprint density at radius 1 is 1.00 bits per heavy atom. The lowest BCUT2D eigenvalue weighted by Gasteiger charge is -2.12. The zero-order chi connectivity index (χ0) is 18.7. The maximum Gasteiger partial charge on any atom is 0.212 e. The molecule has 1 heterocycles. The molecule has 5 heteroatoms. The Labute approximate surface area is 152 Å². The van der Waals surface area contributed by atoms with E-state index in [4.69, 9.17) is 14.2 Å². The van der Waals surface area contributed by atoms with Gasteiger partial charge >= 0.3 is 0 Å². The first kappa shape index (κ1) is 17.7. The molecule has 2 aromatic carbocycles. The summed E-state index contributed by atoms with van der Waals surface area (Å²) in [6, 6.07) is 12.6. The summed E-state index contributed by atoms with van der Waals surface area (Å²) in [6.45, 7) is 3.89. The minimum Gasteiger partial charge on any atom is -0.493 e. The Balaban J connectivity index is 2.08. The minimum absolute atomic E-state index is 0.0350. The van der Waals surface area contributed by atoms with Crippen LogP contribution in [0.1, 0.15) is 29.9 Å². The summed E-state index contributed by atoms with van der Waals surface area (Å²) in [7, 11) is 3.14. The third-order valence-corrected chi connectivity index (χ3v) is 3.95. The number of benzene rings is 2. The van der Waals surface area contributed by atoms with Crippen LogP contribution in [0.4, 0.5) is 0 Å². The average molecular weight is 351 g/mol. The monoisotopic (exact) mass is 351 g/mol. The van der Waals surface area contributed by atoms with E-state index in [1.54, 1.807) is 44.7 Å². The number of fused-ring (bicyclic) bond motifs is 1. The Kier molecular flexibility index (Phi) is 5.07. The summed E-state index contributed by atoms with van der Waals surface area (Å²) < 4.78 is 16.4. The third-order valence-electron chi connectivity index (χ3n) is 3.95. The number of carbonyl (C=O) groups excluding carboxylic acids is 1. The van der Waals surface area contributed by atoms with Crippen LogP contribution < -0.4 is 14.2 Å². The summed E-state index contributed by atoms with van der Waals surface area (Å²) in [6.07, 6.45) is 1.66. The molecule has 3 rings (SSSR count). The highest BCUT2D eigenvalue weighted by molar-refractivity contribution is 6.15. The average Bonchev–Trinajstić information content (AvgIpc) is 2.65. The smallest absolute Gasteiger partial charge is 0.212 e. The predicted octanol–water partition coefficient (Wildman–Crippen LogP) is 4.27. The highest BCUT2D eigenvalue weighted by atomic mass is 16.5. The number of nitrogens with zero attached hydrogens (tertiary/aromatic N) is 1. The summed E-state index contributed by atoms with van der Waals surface area (Å²) in [5, 5.41) is 1.57. The van der Waals surface area contributed by atoms with Gasteiger partial charge in [-0.25, -0.2) is 0 Å². The van der Waals surface area contributed by atoms with Crippen molar-refractivity contribution >= 4 is 16.6 Å². The van der Waals surface area contributed by atoms with Crippen LogP contribution in [-0.2, 0) is 0 Å². The molecule has 0 N–H and O–H groups in total. The minimum atomic E-state index is -0.169. The van der Waals surface area contributed by atoms with Crippen molar-refractivity contribution in [3.05, 3.63) is 59.9 Å². The largest absolute Gasteiger partial charge is 0.493 e. The number of methoxy groups -OCH3 is 2. The number of rotatable bonds is 6. The van der Waals surface area contributed by atoms with E-state index in [0.717, 1.165) is 5.39 Å². The fourth-order valence-corrected chi connectivity index (χ4v) is 2.80. The molecule has 0 radical (unpaired) electrons. The van der Waals surface area contributed by atoms with Crippen molar-refractivity contribution in [1.82, 2.24) is 4.98 Å². The first-order valence-electron chi connectivity index (χ1n) is 8.35. The molecular formula is C21H21NO4. The van der Waals surface area contributed by atoms with E-state index >= 15 is 0 Å². The molecule has 0 atom stereocenters. The van der Waals surface area contributed by atoms with Gasteiger partial charge in [-0.3, -0.25) is 9.78 Å². The molecule has 0 saturated carbocycles. The molecular weight excluding hydrogens is 330 g/mol. The molecule has 0 aliphatic heterocycles. The molecule has 26 heavy (non-hydrogen) atoms. The molecule has 3 aromatic rings. The summed E-state index contributed by atoms with van der Waals surface area (Å²) in [5.41, 5.74) is 0.892.